The number of hydrogen-bond acceptors (Lipinski definition) is 3. The average Bonchev–Trinajstić information content (AvgIpc) is 2.47. The Balaban J connectivity index is 1.73. The highest BCUT2D eigenvalue weighted by Gasteiger charge is 2.13. The van der Waals surface area contributed by atoms with E-state index in [1.54, 1.807) is 12.1 Å². The number of carbonyl (C=O) groups excluding carboxylic acids is 1. The van der Waals surface area contributed by atoms with Crippen LogP contribution in [-0.2, 0) is 4.74 Å². The van der Waals surface area contributed by atoms with E-state index in [4.69, 9.17) is 16.3 Å². The standard InChI is InChI=1S/C15H21ClN2O2/c1-11-2-3-12(16)10-14(11)15(19)18-8-9-20-13-4-6-17-7-5-13/h2-3,10,13,17H,4-9H2,1H3,(H,18,19). The van der Waals surface area contributed by atoms with Crippen molar-refractivity contribution >= 4 is 17.5 Å². The molecule has 1 heterocycles. The number of rotatable bonds is 5. The summed E-state index contributed by atoms with van der Waals surface area (Å²) in [5.41, 5.74) is 1.55. The van der Waals surface area contributed by atoms with Crippen molar-refractivity contribution in [3.63, 3.8) is 0 Å². The second-order valence-corrected chi connectivity index (χ2v) is 5.47. The van der Waals surface area contributed by atoms with Gasteiger partial charge in [0.15, 0.2) is 0 Å². The van der Waals surface area contributed by atoms with E-state index < -0.39 is 0 Å². The predicted octanol–water partition coefficient (Wildman–Crippen LogP) is 2.15. The predicted molar refractivity (Wildman–Crippen MR) is 80.4 cm³/mol. The minimum Gasteiger partial charge on any atom is -0.376 e. The van der Waals surface area contributed by atoms with Gasteiger partial charge in [-0.15, -0.1) is 0 Å². The van der Waals surface area contributed by atoms with Crippen LogP contribution in [0.4, 0.5) is 0 Å². The minimum atomic E-state index is -0.0982. The number of ether oxygens (including phenoxy) is 1. The Kier molecular flexibility index (Phi) is 5.83. The molecule has 0 spiro atoms. The molecule has 4 nitrogen and oxygen atoms in total. The summed E-state index contributed by atoms with van der Waals surface area (Å²) >= 11 is 5.91. The molecular formula is C15H21ClN2O2. The molecule has 1 aromatic rings. The third-order valence-electron chi connectivity index (χ3n) is 3.47. The number of halogens is 1. The molecular weight excluding hydrogens is 276 g/mol. The zero-order valence-corrected chi connectivity index (χ0v) is 12.5. The van der Waals surface area contributed by atoms with Crippen LogP contribution in [0.5, 0.6) is 0 Å². The third kappa shape index (κ3) is 4.47. The Morgan fingerprint density at radius 2 is 2.20 bits per heavy atom. The Morgan fingerprint density at radius 1 is 1.45 bits per heavy atom. The quantitative estimate of drug-likeness (QED) is 0.819. The number of nitrogens with one attached hydrogen (secondary N) is 2. The molecule has 1 aliphatic rings. The van der Waals surface area contributed by atoms with Crippen molar-refractivity contribution in [2.75, 3.05) is 26.2 Å². The van der Waals surface area contributed by atoms with Crippen LogP contribution in [0.25, 0.3) is 0 Å². The van der Waals surface area contributed by atoms with Crippen LogP contribution in [0.2, 0.25) is 5.02 Å². The molecule has 0 radical (unpaired) electrons. The molecule has 1 aromatic carbocycles. The van der Waals surface area contributed by atoms with Crippen molar-refractivity contribution in [2.45, 2.75) is 25.9 Å². The van der Waals surface area contributed by atoms with Gasteiger partial charge in [0.2, 0.25) is 0 Å². The third-order valence-corrected chi connectivity index (χ3v) is 3.71. The van der Waals surface area contributed by atoms with Crippen LogP contribution in [0.3, 0.4) is 0 Å². The molecule has 5 heteroatoms. The second kappa shape index (κ2) is 7.62. The van der Waals surface area contributed by atoms with E-state index in [1.165, 1.54) is 0 Å². The van der Waals surface area contributed by atoms with Crippen molar-refractivity contribution in [1.29, 1.82) is 0 Å². The van der Waals surface area contributed by atoms with Crippen molar-refractivity contribution in [3.05, 3.63) is 34.3 Å². The first kappa shape index (κ1) is 15.3. The van der Waals surface area contributed by atoms with Crippen LogP contribution in [0.15, 0.2) is 18.2 Å². The number of amides is 1. The normalized spacial score (nSPS) is 16.1. The van der Waals surface area contributed by atoms with Gasteiger partial charge in [0.1, 0.15) is 0 Å². The van der Waals surface area contributed by atoms with Gasteiger partial charge in [0.25, 0.3) is 5.91 Å². The summed E-state index contributed by atoms with van der Waals surface area (Å²) in [7, 11) is 0. The molecule has 110 valence electrons. The van der Waals surface area contributed by atoms with Gasteiger partial charge in [0, 0.05) is 17.1 Å². The van der Waals surface area contributed by atoms with E-state index in [0.717, 1.165) is 31.5 Å². The molecule has 2 N–H and O–H groups in total. The Morgan fingerprint density at radius 3 is 2.95 bits per heavy atom. The maximum atomic E-state index is 12.0. The van der Waals surface area contributed by atoms with E-state index in [0.29, 0.717) is 29.8 Å². The monoisotopic (exact) mass is 296 g/mol. The highest BCUT2D eigenvalue weighted by molar-refractivity contribution is 6.31. The van der Waals surface area contributed by atoms with E-state index >= 15 is 0 Å². The summed E-state index contributed by atoms with van der Waals surface area (Å²) in [5, 5.41) is 6.74. The summed E-state index contributed by atoms with van der Waals surface area (Å²) in [4.78, 5) is 12.0. The van der Waals surface area contributed by atoms with Gasteiger partial charge in [-0.1, -0.05) is 17.7 Å². The largest absolute Gasteiger partial charge is 0.376 e. The summed E-state index contributed by atoms with van der Waals surface area (Å²) < 4.78 is 5.74. The Labute approximate surface area is 124 Å². The van der Waals surface area contributed by atoms with E-state index in [2.05, 4.69) is 10.6 Å². The molecule has 20 heavy (non-hydrogen) atoms. The van der Waals surface area contributed by atoms with Gasteiger partial charge in [-0.05, 0) is 50.6 Å². The van der Waals surface area contributed by atoms with E-state index in [1.807, 2.05) is 13.0 Å². The van der Waals surface area contributed by atoms with Crippen LogP contribution in [-0.4, -0.2) is 38.3 Å². The zero-order chi connectivity index (χ0) is 14.4. The maximum absolute atomic E-state index is 12.0. The van der Waals surface area contributed by atoms with Crippen molar-refractivity contribution < 1.29 is 9.53 Å². The SMILES string of the molecule is Cc1ccc(Cl)cc1C(=O)NCCOC1CCNCC1. The summed E-state index contributed by atoms with van der Waals surface area (Å²) in [6.07, 6.45) is 2.41. The van der Waals surface area contributed by atoms with Crippen molar-refractivity contribution in [1.82, 2.24) is 10.6 Å². The van der Waals surface area contributed by atoms with Gasteiger partial charge >= 0.3 is 0 Å². The lowest BCUT2D eigenvalue weighted by Gasteiger charge is -2.23. The fraction of sp³-hybridized carbons (Fsp3) is 0.533. The summed E-state index contributed by atoms with van der Waals surface area (Å²) in [6, 6.07) is 5.33. The molecule has 0 saturated carbocycles. The number of aryl methyl sites for hydroxylation is 1. The topological polar surface area (TPSA) is 50.4 Å². The van der Waals surface area contributed by atoms with E-state index in [-0.39, 0.29) is 5.91 Å². The first-order valence-electron chi connectivity index (χ1n) is 7.03. The Bertz CT molecular complexity index is 459. The molecule has 1 saturated heterocycles. The average molecular weight is 297 g/mol. The lowest BCUT2D eigenvalue weighted by atomic mass is 10.1. The lowest BCUT2D eigenvalue weighted by Crippen LogP contribution is -2.34. The minimum absolute atomic E-state index is 0.0982. The van der Waals surface area contributed by atoms with Gasteiger partial charge in [-0.25, -0.2) is 0 Å². The van der Waals surface area contributed by atoms with E-state index in [9.17, 15) is 4.79 Å². The molecule has 0 aromatic heterocycles. The molecule has 0 unspecified atom stereocenters. The number of hydrogen-bond donors (Lipinski definition) is 2. The molecule has 1 amide bonds. The first-order chi connectivity index (χ1) is 9.66. The number of benzene rings is 1. The van der Waals surface area contributed by atoms with Gasteiger partial charge in [-0.3, -0.25) is 4.79 Å². The Hall–Kier alpha value is -1.10. The van der Waals surface area contributed by atoms with Gasteiger partial charge < -0.3 is 15.4 Å². The van der Waals surface area contributed by atoms with Crippen LogP contribution >= 0.6 is 11.6 Å². The first-order valence-corrected chi connectivity index (χ1v) is 7.41. The van der Waals surface area contributed by atoms with Crippen LogP contribution in [0.1, 0.15) is 28.8 Å². The van der Waals surface area contributed by atoms with Gasteiger partial charge in [0.05, 0.1) is 12.7 Å². The summed E-state index contributed by atoms with van der Waals surface area (Å²) in [5.74, 6) is -0.0982. The number of carbonyl (C=O) groups is 1. The molecule has 1 fully saturated rings. The molecule has 0 aliphatic carbocycles. The highest BCUT2D eigenvalue weighted by Crippen LogP contribution is 2.15. The molecule has 0 atom stereocenters. The fourth-order valence-electron chi connectivity index (χ4n) is 2.29. The summed E-state index contributed by atoms with van der Waals surface area (Å²) in [6.45, 7) is 5.00. The van der Waals surface area contributed by atoms with Crippen LogP contribution in [0, 0.1) is 6.92 Å². The molecule has 1 aliphatic heterocycles. The lowest BCUT2D eigenvalue weighted by molar-refractivity contribution is 0.0343. The van der Waals surface area contributed by atoms with Gasteiger partial charge in [-0.2, -0.15) is 0 Å². The van der Waals surface area contributed by atoms with Crippen LogP contribution < -0.4 is 10.6 Å². The smallest absolute Gasteiger partial charge is 0.251 e. The number of piperidine rings is 1. The highest BCUT2D eigenvalue weighted by atomic mass is 35.5. The zero-order valence-electron chi connectivity index (χ0n) is 11.7. The maximum Gasteiger partial charge on any atom is 0.251 e. The van der Waals surface area contributed by atoms with Crippen molar-refractivity contribution in [3.8, 4) is 0 Å². The van der Waals surface area contributed by atoms with Crippen molar-refractivity contribution in [2.24, 2.45) is 0 Å². The molecule has 2 rings (SSSR count). The second-order valence-electron chi connectivity index (χ2n) is 5.04. The molecule has 0 bridgehead atoms. The fourth-order valence-corrected chi connectivity index (χ4v) is 2.46.